The average Bonchev–Trinajstić information content (AvgIpc) is 2.81. The predicted octanol–water partition coefficient (Wildman–Crippen LogP) is 1.25. The van der Waals surface area contributed by atoms with Crippen LogP contribution in [0.3, 0.4) is 0 Å². The third-order valence-corrected chi connectivity index (χ3v) is 5.43. The first-order chi connectivity index (χ1) is 8.46. The van der Waals surface area contributed by atoms with E-state index in [2.05, 4.69) is 0 Å². The average molecular weight is 272 g/mol. The van der Waals surface area contributed by atoms with Crippen LogP contribution in [-0.2, 0) is 10.0 Å². The Hall–Kier alpha value is -0.980. The zero-order valence-electron chi connectivity index (χ0n) is 10.3. The van der Waals surface area contributed by atoms with Crippen molar-refractivity contribution < 1.29 is 12.8 Å². The van der Waals surface area contributed by atoms with E-state index in [0.717, 1.165) is 18.9 Å². The van der Waals surface area contributed by atoms with Crippen LogP contribution < -0.4 is 5.73 Å². The number of sulfonamides is 1. The molecule has 1 fully saturated rings. The highest BCUT2D eigenvalue weighted by Crippen LogP contribution is 2.27. The van der Waals surface area contributed by atoms with Gasteiger partial charge in [-0.3, -0.25) is 0 Å². The van der Waals surface area contributed by atoms with Crippen LogP contribution in [-0.4, -0.2) is 31.9 Å². The van der Waals surface area contributed by atoms with Gasteiger partial charge in [0.2, 0.25) is 10.0 Å². The monoisotopic (exact) mass is 272 g/mol. The Kier molecular flexibility index (Phi) is 3.70. The first kappa shape index (κ1) is 13.5. The lowest BCUT2D eigenvalue weighted by Crippen LogP contribution is -2.40. The van der Waals surface area contributed by atoms with Gasteiger partial charge in [-0.25, -0.2) is 12.8 Å². The van der Waals surface area contributed by atoms with Crippen molar-refractivity contribution in [1.82, 2.24) is 4.31 Å². The molecular weight excluding hydrogens is 255 g/mol. The number of nitrogens with two attached hydrogens (primary N) is 1. The molecule has 4 nitrogen and oxygen atoms in total. The summed E-state index contributed by atoms with van der Waals surface area (Å²) in [5.41, 5.74) is 6.14. The Morgan fingerprint density at radius 2 is 2.22 bits per heavy atom. The second-order valence-electron chi connectivity index (χ2n) is 4.56. The first-order valence-corrected chi connectivity index (χ1v) is 7.39. The maximum Gasteiger partial charge on any atom is 0.243 e. The van der Waals surface area contributed by atoms with Gasteiger partial charge < -0.3 is 5.73 Å². The lowest BCUT2D eigenvalue weighted by Gasteiger charge is -2.23. The summed E-state index contributed by atoms with van der Waals surface area (Å²) in [5.74, 6) is -0.539. The number of hydrogen-bond donors (Lipinski definition) is 1. The summed E-state index contributed by atoms with van der Waals surface area (Å²) in [5, 5.41) is 0. The van der Waals surface area contributed by atoms with Crippen molar-refractivity contribution in [3.8, 4) is 0 Å². The molecule has 0 aliphatic carbocycles. The zero-order valence-corrected chi connectivity index (χ0v) is 11.1. The molecule has 6 heteroatoms. The van der Waals surface area contributed by atoms with Gasteiger partial charge in [-0.05, 0) is 37.5 Å². The smallest absolute Gasteiger partial charge is 0.243 e. The fraction of sp³-hybridized carbons (Fsp3) is 0.500. The fourth-order valence-electron chi connectivity index (χ4n) is 2.34. The van der Waals surface area contributed by atoms with E-state index in [1.165, 1.54) is 16.4 Å². The summed E-state index contributed by atoms with van der Waals surface area (Å²) in [7, 11) is -3.64. The van der Waals surface area contributed by atoms with E-state index in [0.29, 0.717) is 18.7 Å². The third-order valence-electron chi connectivity index (χ3n) is 3.33. The third kappa shape index (κ3) is 2.28. The standard InChI is InChI=1S/C12H17FN2O2S/c1-9-4-5-10(13)7-12(9)18(16,17)15-6-2-3-11(15)8-14/h4-5,7,11H,2-3,6,8,14H2,1H3/t11-/m1/s1. The summed E-state index contributed by atoms with van der Waals surface area (Å²) in [6.07, 6.45) is 1.57. The fourth-order valence-corrected chi connectivity index (χ4v) is 4.28. The molecule has 0 saturated carbocycles. The van der Waals surface area contributed by atoms with Crippen molar-refractivity contribution >= 4 is 10.0 Å². The normalized spacial score (nSPS) is 21.4. The molecule has 2 N–H and O–H groups in total. The molecule has 0 unspecified atom stereocenters. The van der Waals surface area contributed by atoms with Crippen LogP contribution in [0.4, 0.5) is 4.39 Å². The van der Waals surface area contributed by atoms with Gasteiger partial charge in [0.1, 0.15) is 5.82 Å². The molecule has 1 heterocycles. The Labute approximate surface area is 107 Å². The van der Waals surface area contributed by atoms with E-state index >= 15 is 0 Å². The second-order valence-corrected chi connectivity index (χ2v) is 6.42. The number of aryl methyl sites for hydroxylation is 1. The number of rotatable bonds is 3. The lowest BCUT2D eigenvalue weighted by atomic mass is 10.2. The van der Waals surface area contributed by atoms with E-state index in [-0.39, 0.29) is 10.9 Å². The van der Waals surface area contributed by atoms with Crippen LogP contribution >= 0.6 is 0 Å². The van der Waals surface area contributed by atoms with E-state index in [1.807, 2.05) is 0 Å². The molecule has 0 amide bonds. The van der Waals surface area contributed by atoms with Gasteiger partial charge in [0, 0.05) is 19.1 Å². The van der Waals surface area contributed by atoms with Crippen LogP contribution in [0.2, 0.25) is 0 Å². The molecule has 0 aromatic heterocycles. The summed E-state index contributed by atoms with van der Waals surface area (Å²) >= 11 is 0. The van der Waals surface area contributed by atoms with Crippen molar-refractivity contribution in [3.63, 3.8) is 0 Å². The molecule has 2 rings (SSSR count). The molecule has 1 aromatic rings. The molecule has 0 bridgehead atoms. The predicted molar refractivity (Wildman–Crippen MR) is 67.1 cm³/mol. The topological polar surface area (TPSA) is 63.4 Å². The molecule has 1 atom stereocenters. The number of hydrogen-bond acceptors (Lipinski definition) is 3. The maximum absolute atomic E-state index is 13.2. The Morgan fingerprint density at radius 3 is 2.89 bits per heavy atom. The van der Waals surface area contributed by atoms with Gasteiger partial charge >= 0.3 is 0 Å². The van der Waals surface area contributed by atoms with Gasteiger partial charge in [0.15, 0.2) is 0 Å². The van der Waals surface area contributed by atoms with Gasteiger partial charge in [-0.15, -0.1) is 0 Å². The van der Waals surface area contributed by atoms with Crippen LogP contribution in [0, 0.1) is 12.7 Å². The first-order valence-electron chi connectivity index (χ1n) is 5.95. The Balaban J connectivity index is 2.45. The highest BCUT2D eigenvalue weighted by molar-refractivity contribution is 7.89. The summed E-state index contributed by atoms with van der Waals surface area (Å²) in [4.78, 5) is 0.0443. The zero-order chi connectivity index (χ0) is 13.3. The van der Waals surface area contributed by atoms with Crippen molar-refractivity contribution in [2.75, 3.05) is 13.1 Å². The minimum absolute atomic E-state index is 0.0443. The lowest BCUT2D eigenvalue weighted by molar-refractivity contribution is 0.392. The SMILES string of the molecule is Cc1ccc(F)cc1S(=O)(=O)N1CCC[C@@H]1CN. The van der Waals surface area contributed by atoms with Gasteiger partial charge in [-0.1, -0.05) is 6.07 Å². The molecule has 18 heavy (non-hydrogen) atoms. The maximum atomic E-state index is 13.2. The number of halogens is 1. The molecule has 1 aliphatic rings. The van der Waals surface area contributed by atoms with E-state index < -0.39 is 15.8 Å². The summed E-state index contributed by atoms with van der Waals surface area (Å²) < 4.78 is 39.6. The van der Waals surface area contributed by atoms with Crippen molar-refractivity contribution in [2.45, 2.75) is 30.7 Å². The van der Waals surface area contributed by atoms with Gasteiger partial charge in [-0.2, -0.15) is 4.31 Å². The molecular formula is C12H17FN2O2S. The molecule has 0 radical (unpaired) electrons. The Bertz CT molecular complexity index is 545. The molecule has 1 aromatic carbocycles. The molecule has 100 valence electrons. The molecule has 1 aliphatic heterocycles. The largest absolute Gasteiger partial charge is 0.329 e. The quantitative estimate of drug-likeness (QED) is 0.900. The van der Waals surface area contributed by atoms with E-state index in [9.17, 15) is 12.8 Å². The molecule has 1 saturated heterocycles. The van der Waals surface area contributed by atoms with Crippen LogP contribution in [0.15, 0.2) is 23.1 Å². The van der Waals surface area contributed by atoms with E-state index in [4.69, 9.17) is 5.73 Å². The Morgan fingerprint density at radius 1 is 1.50 bits per heavy atom. The minimum Gasteiger partial charge on any atom is -0.329 e. The van der Waals surface area contributed by atoms with E-state index in [1.54, 1.807) is 6.92 Å². The van der Waals surface area contributed by atoms with Crippen LogP contribution in [0.1, 0.15) is 18.4 Å². The highest BCUT2D eigenvalue weighted by Gasteiger charge is 2.35. The van der Waals surface area contributed by atoms with Crippen molar-refractivity contribution in [3.05, 3.63) is 29.6 Å². The summed E-state index contributed by atoms with van der Waals surface area (Å²) in [6.45, 7) is 2.42. The van der Waals surface area contributed by atoms with Gasteiger partial charge in [0.25, 0.3) is 0 Å². The van der Waals surface area contributed by atoms with Gasteiger partial charge in [0.05, 0.1) is 4.90 Å². The number of benzene rings is 1. The van der Waals surface area contributed by atoms with Crippen molar-refractivity contribution in [2.24, 2.45) is 5.73 Å². The molecule has 0 spiro atoms. The highest BCUT2D eigenvalue weighted by atomic mass is 32.2. The van der Waals surface area contributed by atoms with Crippen LogP contribution in [0.5, 0.6) is 0 Å². The van der Waals surface area contributed by atoms with Crippen LogP contribution in [0.25, 0.3) is 0 Å². The summed E-state index contributed by atoms with van der Waals surface area (Å²) in [6, 6.07) is 3.66. The minimum atomic E-state index is -3.64. The van der Waals surface area contributed by atoms with Crippen molar-refractivity contribution in [1.29, 1.82) is 0 Å². The number of nitrogens with zero attached hydrogens (tertiary/aromatic N) is 1. The second kappa shape index (κ2) is 4.95.